The fourth-order valence-electron chi connectivity index (χ4n) is 2.90. The van der Waals surface area contributed by atoms with Crippen LogP contribution in [-0.2, 0) is 4.79 Å². The molecule has 0 bridgehead atoms. The summed E-state index contributed by atoms with van der Waals surface area (Å²) < 4.78 is 26.4. The second kappa shape index (κ2) is 7.64. The van der Waals surface area contributed by atoms with Gasteiger partial charge in [0.2, 0.25) is 5.91 Å². The highest BCUT2D eigenvalue weighted by molar-refractivity contribution is 5.98. The molecule has 1 aromatic rings. The van der Waals surface area contributed by atoms with E-state index >= 15 is 0 Å². The first-order valence-corrected chi connectivity index (χ1v) is 7.90. The normalized spacial score (nSPS) is 17.1. The van der Waals surface area contributed by atoms with Crippen molar-refractivity contribution >= 4 is 11.7 Å². The van der Waals surface area contributed by atoms with Gasteiger partial charge in [0.05, 0.1) is 5.56 Å². The van der Waals surface area contributed by atoms with E-state index in [2.05, 4.69) is 0 Å². The first-order valence-electron chi connectivity index (χ1n) is 7.90. The molecule has 1 aliphatic heterocycles. The summed E-state index contributed by atoms with van der Waals surface area (Å²) in [7, 11) is 0. The van der Waals surface area contributed by atoms with Gasteiger partial charge in [0.15, 0.2) is 5.78 Å². The van der Waals surface area contributed by atoms with Crippen molar-refractivity contribution < 1.29 is 18.4 Å². The number of carbonyl (C=O) groups excluding carboxylic acids is 2. The van der Waals surface area contributed by atoms with Crippen molar-refractivity contribution in [2.24, 2.45) is 11.7 Å². The number of piperidine rings is 1. The van der Waals surface area contributed by atoms with E-state index in [1.54, 1.807) is 4.90 Å². The number of halogens is 2. The maximum atomic E-state index is 13.5. The maximum Gasteiger partial charge on any atom is 0.223 e. The molecule has 1 amide bonds. The molecule has 0 radical (unpaired) electrons. The summed E-state index contributed by atoms with van der Waals surface area (Å²) in [4.78, 5) is 25.8. The van der Waals surface area contributed by atoms with Crippen LogP contribution in [0.25, 0.3) is 0 Å². The smallest absolute Gasteiger partial charge is 0.223 e. The summed E-state index contributed by atoms with van der Waals surface area (Å²) in [6, 6.07) is 2.95. The highest BCUT2D eigenvalue weighted by Gasteiger charge is 2.25. The average Bonchev–Trinajstić information content (AvgIpc) is 2.52. The molecule has 1 heterocycles. The number of hydrogen-bond acceptors (Lipinski definition) is 3. The predicted molar refractivity (Wildman–Crippen MR) is 82.9 cm³/mol. The Balaban J connectivity index is 1.84. The van der Waals surface area contributed by atoms with Crippen molar-refractivity contribution in [1.29, 1.82) is 0 Å². The topological polar surface area (TPSA) is 63.4 Å². The van der Waals surface area contributed by atoms with Crippen LogP contribution in [0.2, 0.25) is 0 Å². The van der Waals surface area contributed by atoms with Crippen LogP contribution in [0.4, 0.5) is 8.78 Å². The molecule has 0 saturated carbocycles. The molecule has 23 heavy (non-hydrogen) atoms. The van der Waals surface area contributed by atoms with Crippen LogP contribution < -0.4 is 5.73 Å². The van der Waals surface area contributed by atoms with Crippen molar-refractivity contribution in [3.05, 3.63) is 35.4 Å². The number of nitrogens with zero attached hydrogens (tertiary/aromatic N) is 1. The number of benzene rings is 1. The summed E-state index contributed by atoms with van der Waals surface area (Å²) in [6.07, 6.45) is 1.70. The van der Waals surface area contributed by atoms with E-state index in [9.17, 15) is 18.4 Å². The zero-order chi connectivity index (χ0) is 17.0. The van der Waals surface area contributed by atoms with Crippen LogP contribution in [0.1, 0.15) is 43.0 Å². The van der Waals surface area contributed by atoms with Crippen LogP contribution in [0.5, 0.6) is 0 Å². The lowest BCUT2D eigenvalue weighted by Crippen LogP contribution is -2.42. The number of rotatable bonds is 5. The SMILES string of the molecule is CC(N)C1CCN(C(=O)CCC(=O)c2ccc(F)cc2F)CC1. The third kappa shape index (κ3) is 4.58. The molecule has 1 fully saturated rings. The van der Waals surface area contributed by atoms with Gasteiger partial charge in [-0.05, 0) is 37.8 Å². The summed E-state index contributed by atoms with van der Waals surface area (Å²) >= 11 is 0. The molecule has 0 aliphatic carbocycles. The predicted octanol–water partition coefficient (Wildman–Crippen LogP) is 2.51. The van der Waals surface area contributed by atoms with Crippen molar-refractivity contribution in [2.75, 3.05) is 13.1 Å². The highest BCUT2D eigenvalue weighted by Crippen LogP contribution is 2.20. The van der Waals surface area contributed by atoms with Gasteiger partial charge in [-0.25, -0.2) is 8.78 Å². The fourth-order valence-corrected chi connectivity index (χ4v) is 2.90. The van der Waals surface area contributed by atoms with Crippen LogP contribution in [0, 0.1) is 17.6 Å². The number of likely N-dealkylation sites (tertiary alicyclic amines) is 1. The summed E-state index contributed by atoms with van der Waals surface area (Å²) in [5, 5.41) is 0. The van der Waals surface area contributed by atoms with E-state index in [1.807, 2.05) is 6.92 Å². The van der Waals surface area contributed by atoms with Gasteiger partial charge in [-0.1, -0.05) is 0 Å². The lowest BCUT2D eigenvalue weighted by molar-refractivity contribution is -0.132. The van der Waals surface area contributed by atoms with Crippen molar-refractivity contribution in [3.8, 4) is 0 Å². The molecule has 2 rings (SSSR count). The van der Waals surface area contributed by atoms with E-state index < -0.39 is 17.4 Å². The molecule has 6 heteroatoms. The monoisotopic (exact) mass is 324 g/mol. The lowest BCUT2D eigenvalue weighted by atomic mass is 9.91. The second-order valence-corrected chi connectivity index (χ2v) is 6.12. The molecular weight excluding hydrogens is 302 g/mol. The number of amides is 1. The highest BCUT2D eigenvalue weighted by atomic mass is 19.1. The van der Waals surface area contributed by atoms with Gasteiger partial charge in [0, 0.05) is 38.0 Å². The first kappa shape index (κ1) is 17.5. The van der Waals surface area contributed by atoms with Crippen LogP contribution in [-0.4, -0.2) is 35.7 Å². The lowest BCUT2D eigenvalue weighted by Gasteiger charge is -2.33. The first-order chi connectivity index (χ1) is 10.9. The molecular formula is C17H22F2N2O2. The van der Waals surface area contributed by atoms with Gasteiger partial charge in [-0.2, -0.15) is 0 Å². The molecule has 0 aromatic heterocycles. The van der Waals surface area contributed by atoms with Gasteiger partial charge >= 0.3 is 0 Å². The third-order valence-corrected chi connectivity index (χ3v) is 4.43. The van der Waals surface area contributed by atoms with Crippen molar-refractivity contribution in [2.45, 2.75) is 38.6 Å². The van der Waals surface area contributed by atoms with Crippen LogP contribution in [0.15, 0.2) is 18.2 Å². The number of carbonyl (C=O) groups is 2. The minimum absolute atomic E-state index is 0.0402. The molecule has 0 spiro atoms. The summed E-state index contributed by atoms with van der Waals surface area (Å²) in [6.45, 7) is 3.26. The van der Waals surface area contributed by atoms with Gasteiger partial charge in [0.25, 0.3) is 0 Å². The minimum Gasteiger partial charge on any atom is -0.343 e. The van der Waals surface area contributed by atoms with Crippen LogP contribution in [0.3, 0.4) is 0 Å². The standard InChI is InChI=1S/C17H22F2N2O2/c1-11(20)12-6-8-21(9-7-12)17(23)5-4-16(22)14-3-2-13(18)10-15(14)19/h2-3,10-12H,4-9,20H2,1H3. The Morgan fingerprint density at radius 2 is 1.91 bits per heavy atom. The molecule has 2 N–H and O–H groups in total. The number of ketones is 1. The Morgan fingerprint density at radius 1 is 1.26 bits per heavy atom. The van der Waals surface area contributed by atoms with E-state index in [0.717, 1.165) is 25.0 Å². The molecule has 1 aliphatic rings. The summed E-state index contributed by atoms with van der Waals surface area (Å²) in [5.74, 6) is -1.79. The Morgan fingerprint density at radius 3 is 2.48 bits per heavy atom. The van der Waals surface area contributed by atoms with Gasteiger partial charge in [0.1, 0.15) is 11.6 Å². The Kier molecular flexibility index (Phi) is 5.82. The van der Waals surface area contributed by atoms with Crippen molar-refractivity contribution in [3.63, 3.8) is 0 Å². The number of hydrogen-bond donors (Lipinski definition) is 1. The number of Topliss-reactive ketones (excluding diaryl/α,β-unsaturated/α-hetero) is 1. The number of nitrogens with two attached hydrogens (primary N) is 1. The molecule has 126 valence electrons. The Hall–Kier alpha value is -1.82. The average molecular weight is 324 g/mol. The molecule has 1 atom stereocenters. The minimum atomic E-state index is -0.889. The van der Waals surface area contributed by atoms with Gasteiger partial charge in [-0.15, -0.1) is 0 Å². The molecule has 1 unspecified atom stereocenters. The fraction of sp³-hybridized carbons (Fsp3) is 0.529. The van der Waals surface area contributed by atoms with E-state index in [-0.39, 0.29) is 30.4 Å². The molecule has 1 saturated heterocycles. The van der Waals surface area contributed by atoms with Crippen LogP contribution >= 0.6 is 0 Å². The zero-order valence-electron chi connectivity index (χ0n) is 13.2. The maximum absolute atomic E-state index is 13.5. The van der Waals surface area contributed by atoms with E-state index in [0.29, 0.717) is 25.1 Å². The molecule has 1 aromatic carbocycles. The largest absolute Gasteiger partial charge is 0.343 e. The quantitative estimate of drug-likeness (QED) is 0.847. The van der Waals surface area contributed by atoms with E-state index in [4.69, 9.17) is 5.73 Å². The molecule has 4 nitrogen and oxygen atoms in total. The van der Waals surface area contributed by atoms with Gasteiger partial charge < -0.3 is 10.6 Å². The van der Waals surface area contributed by atoms with Crippen molar-refractivity contribution in [1.82, 2.24) is 4.90 Å². The van der Waals surface area contributed by atoms with Gasteiger partial charge in [-0.3, -0.25) is 9.59 Å². The Labute approximate surface area is 134 Å². The summed E-state index contributed by atoms with van der Waals surface area (Å²) in [5.41, 5.74) is 5.69. The Bertz CT molecular complexity index is 582. The zero-order valence-corrected chi connectivity index (χ0v) is 13.2. The second-order valence-electron chi connectivity index (χ2n) is 6.12. The van der Waals surface area contributed by atoms with E-state index in [1.165, 1.54) is 0 Å². The third-order valence-electron chi connectivity index (χ3n) is 4.43.